The van der Waals surface area contributed by atoms with Crippen LogP contribution in [0.4, 0.5) is 14.5 Å². The van der Waals surface area contributed by atoms with Crippen molar-refractivity contribution in [2.45, 2.75) is 12.8 Å². The van der Waals surface area contributed by atoms with Crippen LogP contribution in [-0.2, 0) is 6.42 Å². The molecule has 16 heavy (non-hydrogen) atoms. The zero-order chi connectivity index (χ0) is 12.3. The molecule has 1 aromatic rings. The van der Waals surface area contributed by atoms with Crippen molar-refractivity contribution < 1.29 is 18.8 Å². The Morgan fingerprint density at radius 3 is 2.75 bits per heavy atom. The van der Waals surface area contributed by atoms with E-state index in [1.165, 1.54) is 0 Å². The van der Waals surface area contributed by atoms with E-state index in [0.29, 0.717) is 6.20 Å². The highest BCUT2D eigenvalue weighted by molar-refractivity contribution is 5.50. The highest BCUT2D eigenvalue weighted by Crippen LogP contribution is 2.37. The summed E-state index contributed by atoms with van der Waals surface area (Å²) >= 11 is 0. The lowest BCUT2D eigenvalue weighted by Gasteiger charge is -2.06. The number of alkyl halides is 2. The highest BCUT2D eigenvalue weighted by Gasteiger charge is 2.28. The van der Waals surface area contributed by atoms with Crippen molar-refractivity contribution in [3.63, 3.8) is 0 Å². The van der Waals surface area contributed by atoms with Crippen LogP contribution in [0.5, 0.6) is 5.75 Å². The minimum atomic E-state index is -3.21. The molecule has 0 radical (unpaired) electrons. The van der Waals surface area contributed by atoms with Crippen molar-refractivity contribution in [3.05, 3.63) is 27.6 Å². The van der Waals surface area contributed by atoms with Gasteiger partial charge in [0.1, 0.15) is 11.8 Å². The summed E-state index contributed by atoms with van der Waals surface area (Å²) in [5.74, 6) is -0.995. The molecule has 1 aromatic heterocycles. The molecular formula is C8H5F2N3O3. The second-order valence-electron chi connectivity index (χ2n) is 2.75. The van der Waals surface area contributed by atoms with Gasteiger partial charge < -0.3 is 5.11 Å². The molecule has 0 unspecified atom stereocenters. The molecule has 8 heteroatoms. The number of nitro groups is 1. The zero-order valence-corrected chi connectivity index (χ0v) is 7.72. The van der Waals surface area contributed by atoms with Gasteiger partial charge in [0.05, 0.1) is 23.1 Å². The Bertz CT molecular complexity index is 470. The smallest absolute Gasteiger partial charge is 0.300 e. The van der Waals surface area contributed by atoms with E-state index >= 15 is 0 Å². The Kier molecular flexibility index (Phi) is 3.30. The second-order valence-corrected chi connectivity index (χ2v) is 2.75. The summed E-state index contributed by atoms with van der Waals surface area (Å²) in [5, 5.41) is 28.1. The Labute approximate surface area is 87.9 Å². The van der Waals surface area contributed by atoms with Gasteiger partial charge in [-0.3, -0.25) is 10.1 Å². The van der Waals surface area contributed by atoms with Gasteiger partial charge in [-0.15, -0.1) is 0 Å². The van der Waals surface area contributed by atoms with Gasteiger partial charge in [-0.1, -0.05) is 0 Å². The number of pyridine rings is 1. The van der Waals surface area contributed by atoms with Gasteiger partial charge in [-0.25, -0.2) is 13.8 Å². The number of hydrogen-bond donors (Lipinski definition) is 1. The molecule has 0 aliphatic carbocycles. The first-order valence-electron chi connectivity index (χ1n) is 3.99. The SMILES string of the molecule is N#CCc1ncc([N+](=O)[O-])c(C(F)F)c1O. The normalized spacial score (nSPS) is 10.1. The van der Waals surface area contributed by atoms with Crippen LogP contribution in [0.3, 0.4) is 0 Å². The summed E-state index contributed by atoms with van der Waals surface area (Å²) in [6, 6.07) is 1.60. The number of aromatic hydroxyl groups is 1. The summed E-state index contributed by atoms with van der Waals surface area (Å²) < 4.78 is 25.0. The van der Waals surface area contributed by atoms with Gasteiger partial charge in [0.25, 0.3) is 12.1 Å². The predicted octanol–water partition coefficient (Wildman–Crippen LogP) is 1.70. The highest BCUT2D eigenvalue weighted by atomic mass is 19.3. The molecule has 6 nitrogen and oxygen atoms in total. The Hall–Kier alpha value is -2.30. The maximum Gasteiger partial charge on any atom is 0.300 e. The van der Waals surface area contributed by atoms with E-state index in [0.717, 1.165) is 0 Å². The molecule has 0 amide bonds. The van der Waals surface area contributed by atoms with Crippen LogP contribution >= 0.6 is 0 Å². The third-order valence-corrected chi connectivity index (χ3v) is 1.81. The monoisotopic (exact) mass is 229 g/mol. The van der Waals surface area contributed by atoms with E-state index < -0.39 is 34.8 Å². The fourth-order valence-electron chi connectivity index (χ4n) is 1.11. The molecule has 1 N–H and O–H groups in total. The van der Waals surface area contributed by atoms with E-state index in [1.807, 2.05) is 0 Å². The maximum absolute atomic E-state index is 12.5. The van der Waals surface area contributed by atoms with Crippen molar-refractivity contribution in [1.29, 1.82) is 5.26 Å². The van der Waals surface area contributed by atoms with Crippen LogP contribution < -0.4 is 0 Å². The van der Waals surface area contributed by atoms with Gasteiger partial charge >= 0.3 is 0 Å². The second kappa shape index (κ2) is 4.48. The third-order valence-electron chi connectivity index (χ3n) is 1.81. The summed E-state index contributed by atoms with van der Waals surface area (Å²) in [6.07, 6.45) is -3.00. The Balaban J connectivity index is 3.43. The summed E-state index contributed by atoms with van der Waals surface area (Å²) in [5.41, 5.74) is -2.37. The molecule has 1 heterocycles. The van der Waals surface area contributed by atoms with Gasteiger partial charge in [0.15, 0.2) is 5.75 Å². The molecule has 0 aliphatic heterocycles. The maximum atomic E-state index is 12.5. The first-order chi connectivity index (χ1) is 7.49. The minimum absolute atomic E-state index is 0.302. The predicted molar refractivity (Wildman–Crippen MR) is 46.8 cm³/mol. The van der Waals surface area contributed by atoms with Crippen molar-refractivity contribution in [2.24, 2.45) is 0 Å². The molecule has 84 valence electrons. The standard InChI is InChI=1S/C8H5F2N3O3/c9-8(10)6-5(13(15)16)3-12-4(1-2-11)7(6)14/h3,8,14H,1H2. The number of hydrogen-bond acceptors (Lipinski definition) is 5. The number of rotatable bonds is 3. The van der Waals surface area contributed by atoms with Crippen LogP contribution in [0.1, 0.15) is 17.7 Å². The fourth-order valence-corrected chi connectivity index (χ4v) is 1.11. The molecule has 0 fully saturated rings. The average Bonchev–Trinajstić information content (AvgIpc) is 2.20. The van der Waals surface area contributed by atoms with Crippen molar-refractivity contribution in [3.8, 4) is 11.8 Å². The van der Waals surface area contributed by atoms with Gasteiger partial charge in [-0.2, -0.15) is 5.26 Å². The first-order valence-corrected chi connectivity index (χ1v) is 3.99. The summed E-state index contributed by atoms with van der Waals surface area (Å²) in [4.78, 5) is 12.7. The molecule has 0 aliphatic rings. The van der Waals surface area contributed by atoms with E-state index in [-0.39, 0.29) is 5.69 Å². The molecule has 0 saturated heterocycles. The van der Waals surface area contributed by atoms with Crippen molar-refractivity contribution >= 4 is 5.69 Å². The number of nitrogens with zero attached hydrogens (tertiary/aromatic N) is 3. The molecule has 0 bridgehead atoms. The van der Waals surface area contributed by atoms with Crippen molar-refractivity contribution in [2.75, 3.05) is 0 Å². The van der Waals surface area contributed by atoms with Gasteiger partial charge in [0.2, 0.25) is 0 Å². The van der Waals surface area contributed by atoms with E-state index in [4.69, 9.17) is 5.26 Å². The third kappa shape index (κ3) is 2.03. The number of halogens is 2. The van der Waals surface area contributed by atoms with E-state index in [2.05, 4.69) is 4.98 Å². The van der Waals surface area contributed by atoms with E-state index in [9.17, 15) is 24.0 Å². The van der Waals surface area contributed by atoms with Gasteiger partial charge in [-0.05, 0) is 0 Å². The van der Waals surface area contributed by atoms with Crippen LogP contribution in [0.15, 0.2) is 6.20 Å². The Morgan fingerprint density at radius 2 is 2.31 bits per heavy atom. The van der Waals surface area contributed by atoms with Crippen LogP contribution in [0, 0.1) is 21.4 Å². The molecule has 0 saturated carbocycles. The van der Waals surface area contributed by atoms with Crippen LogP contribution in [0.2, 0.25) is 0 Å². The number of aromatic nitrogens is 1. The molecule has 0 aromatic carbocycles. The first kappa shape index (κ1) is 11.8. The van der Waals surface area contributed by atoms with Crippen LogP contribution in [0.25, 0.3) is 0 Å². The molecular weight excluding hydrogens is 224 g/mol. The quantitative estimate of drug-likeness (QED) is 0.627. The average molecular weight is 229 g/mol. The summed E-state index contributed by atoms with van der Waals surface area (Å²) in [7, 11) is 0. The molecule has 0 atom stereocenters. The Morgan fingerprint density at radius 1 is 1.69 bits per heavy atom. The zero-order valence-electron chi connectivity index (χ0n) is 7.72. The van der Waals surface area contributed by atoms with Crippen molar-refractivity contribution in [1.82, 2.24) is 4.98 Å². The minimum Gasteiger partial charge on any atom is -0.505 e. The lowest BCUT2D eigenvalue weighted by molar-refractivity contribution is -0.386. The van der Waals surface area contributed by atoms with E-state index in [1.54, 1.807) is 6.07 Å². The van der Waals surface area contributed by atoms with Gasteiger partial charge in [0, 0.05) is 0 Å². The lowest BCUT2D eigenvalue weighted by atomic mass is 10.1. The topological polar surface area (TPSA) is 100 Å². The number of nitriles is 1. The lowest BCUT2D eigenvalue weighted by Crippen LogP contribution is -2.01. The van der Waals surface area contributed by atoms with Crippen LogP contribution in [-0.4, -0.2) is 15.0 Å². The molecule has 1 rings (SSSR count). The molecule has 0 spiro atoms. The fraction of sp³-hybridized carbons (Fsp3) is 0.250. The summed E-state index contributed by atoms with van der Waals surface area (Å²) in [6.45, 7) is 0. The largest absolute Gasteiger partial charge is 0.505 e.